The minimum atomic E-state index is -6.11. The second-order valence-corrected chi connectivity index (χ2v) is 17.8. The number of Topliss-reactive ketones (excluding diaryl/α,β-unsaturated/α-hetero) is 1. The molecule has 1 aromatic carbocycles. The molecule has 1 saturated heterocycles. The molecule has 4 aliphatic rings. The Morgan fingerprint density at radius 1 is 1.05 bits per heavy atom. The Morgan fingerprint density at radius 2 is 1.74 bits per heavy atom. The van der Waals surface area contributed by atoms with E-state index in [9.17, 15) is 40.8 Å². The molecule has 0 unspecified atom stereocenters. The second kappa shape index (κ2) is 16.2. The minimum Gasteiger partial charge on any atom is -0.476 e. The lowest BCUT2D eigenvalue weighted by Gasteiger charge is -2.33. The SMILES string of the molecule is [2H]C([2H])([2H])C(OC(=O)C[C@@H]1C(=O)N2C[C@H](Oc3nnc(OCC)c4ccccc34)C[C@H]2C(=O)C[C@]2(C(=O)NS(=O)(=O)C3CC3)C[C@H]2/C=C\CC[C@@H](C)C[C@H]1C)(C([2H])([2H])[2H])C(F)(F)F. The number of sulfonamides is 1. The first-order chi connectivity index (χ1) is 29.3. The van der Waals surface area contributed by atoms with Crippen molar-refractivity contribution in [2.45, 2.75) is 121 Å². The van der Waals surface area contributed by atoms with Gasteiger partial charge in [-0.3, -0.25) is 23.9 Å². The average Bonchev–Trinajstić information content (AvgIpc) is 4.10. The maximum Gasteiger partial charge on any atom is 0.427 e. The van der Waals surface area contributed by atoms with Crippen LogP contribution in [0.15, 0.2) is 36.4 Å². The normalized spacial score (nSPS) is 31.4. The van der Waals surface area contributed by atoms with Gasteiger partial charge in [0.1, 0.15) is 6.10 Å². The van der Waals surface area contributed by atoms with E-state index in [-0.39, 0.29) is 50.1 Å². The van der Waals surface area contributed by atoms with E-state index in [1.807, 2.05) is 13.0 Å². The molecule has 1 N–H and O–H groups in total. The number of benzene rings is 1. The van der Waals surface area contributed by atoms with Crippen molar-refractivity contribution >= 4 is 44.4 Å². The highest BCUT2D eigenvalue weighted by molar-refractivity contribution is 7.90. The molecule has 2 aliphatic heterocycles. The van der Waals surface area contributed by atoms with E-state index in [0.717, 1.165) is 4.90 Å². The summed E-state index contributed by atoms with van der Waals surface area (Å²) in [6.45, 7) is -3.75. The van der Waals surface area contributed by atoms with Crippen molar-refractivity contribution in [3.8, 4) is 11.8 Å². The number of amides is 2. The summed E-state index contributed by atoms with van der Waals surface area (Å²) in [4.78, 5) is 58.3. The van der Waals surface area contributed by atoms with Crippen molar-refractivity contribution in [2.75, 3.05) is 13.2 Å². The van der Waals surface area contributed by atoms with E-state index < -0.39 is 112 Å². The number of nitrogens with one attached hydrogen (secondary N) is 1. The highest BCUT2D eigenvalue weighted by atomic mass is 32.2. The quantitative estimate of drug-likeness (QED) is 0.225. The number of alkyl halides is 3. The molecule has 2 aromatic rings. The lowest BCUT2D eigenvalue weighted by atomic mass is 9.82. The Labute approximate surface area is 338 Å². The van der Waals surface area contributed by atoms with Crippen LogP contribution in [0.4, 0.5) is 13.2 Å². The summed E-state index contributed by atoms with van der Waals surface area (Å²) in [5.41, 5.74) is -6.43. The van der Waals surface area contributed by atoms with Gasteiger partial charge in [-0.2, -0.15) is 13.2 Å². The predicted octanol–water partition coefficient (Wildman–Crippen LogP) is 5.85. The Morgan fingerprint density at radius 3 is 2.39 bits per heavy atom. The zero-order chi connectivity index (χ0) is 46.5. The second-order valence-electron chi connectivity index (χ2n) is 15.8. The third kappa shape index (κ3) is 9.23. The Kier molecular flexibility index (Phi) is 9.85. The number of carbonyl (C=O) groups is 4. The highest BCUT2D eigenvalue weighted by Gasteiger charge is 2.62. The first kappa shape index (κ1) is 34.7. The largest absolute Gasteiger partial charge is 0.476 e. The molecule has 2 amide bonds. The van der Waals surface area contributed by atoms with Gasteiger partial charge in [-0.05, 0) is 89.0 Å². The molecule has 312 valence electrons. The Bertz CT molecular complexity index is 2200. The molecule has 7 atom stereocenters. The molecule has 2 aliphatic carbocycles. The maximum atomic E-state index is 15.0. The molecule has 57 heavy (non-hydrogen) atoms. The van der Waals surface area contributed by atoms with Crippen LogP contribution in [0.25, 0.3) is 10.8 Å². The molecule has 3 heterocycles. The van der Waals surface area contributed by atoms with Gasteiger partial charge >= 0.3 is 12.1 Å². The van der Waals surface area contributed by atoms with E-state index in [1.165, 1.54) is 0 Å². The molecule has 1 aromatic heterocycles. The van der Waals surface area contributed by atoms with E-state index in [0.29, 0.717) is 36.5 Å². The molecule has 0 radical (unpaired) electrons. The van der Waals surface area contributed by atoms with Crippen molar-refractivity contribution in [1.82, 2.24) is 19.8 Å². The molecule has 3 fully saturated rings. The summed E-state index contributed by atoms with van der Waals surface area (Å²) in [5, 5.41) is 8.60. The summed E-state index contributed by atoms with van der Waals surface area (Å²) in [7, 11) is -4.02. The van der Waals surface area contributed by atoms with Gasteiger partial charge in [0.25, 0.3) is 0 Å². The van der Waals surface area contributed by atoms with Gasteiger partial charge in [0.05, 0.1) is 53.0 Å². The number of nitrogens with zero attached hydrogens (tertiary/aromatic N) is 3. The number of halogens is 3. The molecule has 0 spiro atoms. The van der Waals surface area contributed by atoms with Gasteiger partial charge in [-0.25, -0.2) is 8.42 Å². The molecule has 17 heteroatoms. The van der Waals surface area contributed by atoms with Gasteiger partial charge < -0.3 is 19.1 Å². The first-order valence-corrected chi connectivity index (χ1v) is 20.7. The number of hydrogen-bond donors (Lipinski definition) is 1. The van der Waals surface area contributed by atoms with E-state index in [4.69, 9.17) is 17.7 Å². The van der Waals surface area contributed by atoms with Gasteiger partial charge in [0, 0.05) is 21.1 Å². The fourth-order valence-electron chi connectivity index (χ4n) is 7.98. The zero-order valence-electron chi connectivity index (χ0n) is 37.8. The maximum absolute atomic E-state index is 15.0. The number of carbonyl (C=O) groups excluding carboxylic acids is 4. The van der Waals surface area contributed by atoms with Gasteiger partial charge in [-0.1, -0.05) is 38.1 Å². The minimum absolute atomic E-state index is 0.00959. The molecule has 2 saturated carbocycles. The number of hydrogen-bond acceptors (Lipinski definition) is 11. The van der Waals surface area contributed by atoms with Crippen LogP contribution in [0.2, 0.25) is 0 Å². The Hall–Kier alpha value is -4.28. The van der Waals surface area contributed by atoms with E-state index in [2.05, 4.69) is 19.7 Å². The predicted molar refractivity (Wildman–Crippen MR) is 201 cm³/mol. The lowest BCUT2D eigenvalue weighted by Crippen LogP contribution is -2.48. The highest BCUT2D eigenvalue weighted by Crippen LogP contribution is 2.57. The molecule has 6 rings (SSSR count). The first-order valence-electron chi connectivity index (χ1n) is 22.2. The van der Waals surface area contributed by atoms with Gasteiger partial charge in [0.2, 0.25) is 39.2 Å². The Balaban J connectivity index is 1.39. The number of fused-ring (bicyclic) bond motifs is 3. The smallest absolute Gasteiger partial charge is 0.427 e. The van der Waals surface area contributed by atoms with Crippen LogP contribution in [0, 0.1) is 29.1 Å². The number of ether oxygens (including phenoxy) is 3. The molecular weight excluding hydrogens is 770 g/mol. The summed E-state index contributed by atoms with van der Waals surface area (Å²) in [6.07, 6.45) is -3.38. The van der Waals surface area contributed by atoms with Crippen LogP contribution < -0.4 is 14.2 Å². The third-order valence-electron chi connectivity index (χ3n) is 11.4. The number of allylic oxidation sites excluding steroid dienone is 2. The molecule has 0 bridgehead atoms. The monoisotopic (exact) mass is 826 g/mol. The number of ketones is 1. The fourth-order valence-corrected chi connectivity index (χ4v) is 9.36. The summed E-state index contributed by atoms with van der Waals surface area (Å²) < 4.78 is 134. The van der Waals surface area contributed by atoms with E-state index in [1.54, 1.807) is 44.2 Å². The van der Waals surface area contributed by atoms with Crippen molar-refractivity contribution in [1.29, 1.82) is 0 Å². The van der Waals surface area contributed by atoms with Crippen LogP contribution in [-0.2, 0) is 33.9 Å². The zero-order valence-corrected chi connectivity index (χ0v) is 32.7. The molecule has 13 nitrogen and oxygen atoms in total. The molecular formula is C40H51F3N4O9S. The van der Waals surface area contributed by atoms with Crippen LogP contribution in [0.5, 0.6) is 11.8 Å². The average molecular weight is 827 g/mol. The van der Waals surface area contributed by atoms with Crippen LogP contribution >= 0.6 is 0 Å². The third-order valence-corrected chi connectivity index (χ3v) is 13.2. The number of esters is 1. The topological polar surface area (TPSA) is 171 Å². The number of rotatable bonds is 10. The fraction of sp³-hybridized carbons (Fsp3) is 0.650. The standard InChI is InChI=1S/C40H51F3N4O9S/c1-6-54-34-28-13-9-10-14-29(28)35(45-44-34)55-26-18-31-32(48)21-39(37(51)46-57(52,53)27-15-16-27)20-25(39)12-8-7-11-23(2)17-24(3)30(36(50)47(31)22-26)19-33(49)56-38(4,5)40(41,42)43/h8-10,12-14,23-27,30-31H,6-7,11,15-22H2,1-5H3,(H,46,51)/b12-8-/t23-,24-,25-,26-,30+,31+,39-/m1/s1/i4D3,5D3. The number of aromatic nitrogens is 2. The van der Waals surface area contributed by atoms with Gasteiger partial charge in [0.15, 0.2) is 5.78 Å². The van der Waals surface area contributed by atoms with Crippen molar-refractivity contribution < 1.29 is 63.2 Å². The van der Waals surface area contributed by atoms with Crippen LogP contribution in [0.1, 0.15) is 100 Å². The van der Waals surface area contributed by atoms with Crippen LogP contribution in [0.3, 0.4) is 0 Å². The van der Waals surface area contributed by atoms with Gasteiger partial charge in [-0.15, -0.1) is 10.2 Å². The van der Waals surface area contributed by atoms with Crippen molar-refractivity contribution in [3.05, 3.63) is 36.4 Å². The van der Waals surface area contributed by atoms with Crippen LogP contribution in [-0.4, -0.2) is 89.4 Å². The lowest BCUT2D eigenvalue weighted by molar-refractivity contribution is -0.257. The summed E-state index contributed by atoms with van der Waals surface area (Å²) in [5.74, 6) is -7.25. The van der Waals surface area contributed by atoms with E-state index >= 15 is 0 Å². The van der Waals surface area contributed by atoms with Crippen molar-refractivity contribution in [3.63, 3.8) is 0 Å². The summed E-state index contributed by atoms with van der Waals surface area (Å²) >= 11 is 0. The van der Waals surface area contributed by atoms with Crippen molar-refractivity contribution in [2.24, 2.45) is 29.1 Å². The summed E-state index contributed by atoms with van der Waals surface area (Å²) in [6, 6.07) is 5.48.